The van der Waals surface area contributed by atoms with Gasteiger partial charge < -0.3 is 15.2 Å². The normalized spacial score (nSPS) is 18.3. The number of nitrogens with zero attached hydrogens (tertiary/aromatic N) is 3. The van der Waals surface area contributed by atoms with Gasteiger partial charge in [0.2, 0.25) is 0 Å². The van der Waals surface area contributed by atoms with Gasteiger partial charge in [0.1, 0.15) is 5.82 Å². The number of aromatic nitrogens is 1. The molecule has 1 atom stereocenters. The van der Waals surface area contributed by atoms with E-state index in [-0.39, 0.29) is 5.91 Å². The first-order chi connectivity index (χ1) is 10.0. The van der Waals surface area contributed by atoms with Crippen LogP contribution in [0, 0.1) is 0 Å². The molecule has 1 aliphatic rings. The van der Waals surface area contributed by atoms with Crippen molar-refractivity contribution in [3.8, 4) is 0 Å². The third-order valence-corrected chi connectivity index (χ3v) is 3.96. The van der Waals surface area contributed by atoms with E-state index >= 15 is 0 Å². The number of likely N-dealkylation sites (N-methyl/N-ethyl adjacent to an activating group) is 1. The number of carbonyl (C=O) groups is 1. The summed E-state index contributed by atoms with van der Waals surface area (Å²) in [5, 5.41) is 0. The van der Waals surface area contributed by atoms with E-state index in [1.165, 1.54) is 0 Å². The number of rotatable bonds is 5. The molecule has 6 heteroatoms. The van der Waals surface area contributed by atoms with E-state index < -0.39 is 0 Å². The Kier molecular flexibility index (Phi) is 5.14. The molecular formula is C15H25N5O. The van der Waals surface area contributed by atoms with Crippen LogP contribution in [0.5, 0.6) is 0 Å². The fraction of sp³-hybridized carbons (Fsp3) is 0.600. The van der Waals surface area contributed by atoms with Gasteiger partial charge in [0, 0.05) is 30.4 Å². The van der Waals surface area contributed by atoms with E-state index in [9.17, 15) is 4.79 Å². The van der Waals surface area contributed by atoms with Gasteiger partial charge >= 0.3 is 0 Å². The number of anilines is 1. The number of amides is 1. The highest BCUT2D eigenvalue weighted by molar-refractivity contribution is 5.95. The van der Waals surface area contributed by atoms with Gasteiger partial charge in [-0.25, -0.2) is 10.8 Å². The molecule has 0 aromatic carbocycles. The molecule has 2 heterocycles. The second kappa shape index (κ2) is 6.87. The molecular weight excluding hydrogens is 266 g/mol. The van der Waals surface area contributed by atoms with Crippen LogP contribution in [0.2, 0.25) is 0 Å². The zero-order chi connectivity index (χ0) is 15.4. The lowest BCUT2D eigenvalue weighted by atomic mass is 10.1. The molecule has 2 rings (SSSR count). The van der Waals surface area contributed by atoms with Crippen LogP contribution < -0.4 is 11.3 Å². The van der Waals surface area contributed by atoms with Gasteiger partial charge in [-0.05, 0) is 39.1 Å². The number of hydrogen-bond acceptors (Lipinski definition) is 5. The fourth-order valence-electron chi connectivity index (χ4n) is 2.70. The van der Waals surface area contributed by atoms with Crippen molar-refractivity contribution in [1.82, 2.24) is 14.8 Å². The van der Waals surface area contributed by atoms with E-state index in [1.807, 2.05) is 11.0 Å². The average molecular weight is 291 g/mol. The summed E-state index contributed by atoms with van der Waals surface area (Å²) in [6.45, 7) is 3.68. The highest BCUT2D eigenvalue weighted by Gasteiger charge is 2.28. The largest absolute Gasteiger partial charge is 0.337 e. The van der Waals surface area contributed by atoms with Gasteiger partial charge in [0.15, 0.2) is 0 Å². The number of nitrogen functional groups attached to an aromatic ring is 1. The molecule has 0 saturated carbocycles. The maximum Gasteiger partial charge on any atom is 0.254 e. The summed E-state index contributed by atoms with van der Waals surface area (Å²) in [6, 6.07) is 4.05. The molecule has 0 spiro atoms. The van der Waals surface area contributed by atoms with Crippen LogP contribution in [0.4, 0.5) is 5.82 Å². The van der Waals surface area contributed by atoms with Crippen molar-refractivity contribution in [2.75, 3.05) is 32.6 Å². The van der Waals surface area contributed by atoms with Crippen molar-refractivity contribution >= 4 is 11.7 Å². The van der Waals surface area contributed by atoms with Crippen molar-refractivity contribution in [1.29, 1.82) is 0 Å². The Bertz CT molecular complexity index is 503. The summed E-state index contributed by atoms with van der Waals surface area (Å²) in [6.07, 6.45) is 2.85. The molecule has 21 heavy (non-hydrogen) atoms. The zero-order valence-electron chi connectivity index (χ0n) is 13.1. The first-order valence-corrected chi connectivity index (χ1v) is 7.48. The summed E-state index contributed by atoms with van der Waals surface area (Å²) in [4.78, 5) is 21.1. The number of carbonyl (C=O) groups excluding carboxylic acids is 1. The number of nitrogens with one attached hydrogen (secondary N) is 1. The van der Waals surface area contributed by atoms with Gasteiger partial charge in [-0.1, -0.05) is 13.3 Å². The van der Waals surface area contributed by atoms with Crippen LogP contribution in [0.15, 0.2) is 12.1 Å². The standard InChI is InChI=1S/C15H25N5O/c1-4-5-12-8-11(9-14(17-12)18-16)15(21)20-7-6-13(10-20)19(2)3/h8-9,13H,4-7,10,16H2,1-3H3,(H,17,18). The van der Waals surface area contributed by atoms with Crippen LogP contribution in [0.25, 0.3) is 0 Å². The summed E-state index contributed by atoms with van der Waals surface area (Å²) >= 11 is 0. The predicted molar refractivity (Wildman–Crippen MR) is 84.0 cm³/mol. The Morgan fingerprint density at radius 2 is 2.29 bits per heavy atom. The van der Waals surface area contributed by atoms with Gasteiger partial charge in [0.25, 0.3) is 5.91 Å². The van der Waals surface area contributed by atoms with E-state index in [4.69, 9.17) is 5.84 Å². The van der Waals surface area contributed by atoms with Crippen molar-refractivity contribution in [3.63, 3.8) is 0 Å². The second-order valence-electron chi connectivity index (χ2n) is 5.78. The minimum Gasteiger partial charge on any atom is -0.337 e. The monoisotopic (exact) mass is 291 g/mol. The van der Waals surface area contributed by atoms with Crippen LogP contribution in [0.1, 0.15) is 35.8 Å². The topological polar surface area (TPSA) is 74.5 Å². The molecule has 0 bridgehead atoms. The van der Waals surface area contributed by atoms with Crippen LogP contribution >= 0.6 is 0 Å². The number of hydrogen-bond donors (Lipinski definition) is 2. The molecule has 1 aromatic rings. The Morgan fingerprint density at radius 1 is 1.52 bits per heavy atom. The van der Waals surface area contributed by atoms with E-state index in [0.29, 0.717) is 17.4 Å². The Labute approximate surface area is 126 Å². The molecule has 0 radical (unpaired) electrons. The van der Waals surface area contributed by atoms with Crippen molar-refractivity contribution < 1.29 is 4.79 Å². The molecule has 1 amide bonds. The first-order valence-electron chi connectivity index (χ1n) is 7.48. The maximum atomic E-state index is 12.7. The number of aryl methyl sites for hydroxylation is 1. The molecule has 116 valence electrons. The third-order valence-electron chi connectivity index (χ3n) is 3.96. The number of nitrogens with two attached hydrogens (primary N) is 1. The lowest BCUT2D eigenvalue weighted by molar-refractivity contribution is 0.0783. The summed E-state index contributed by atoms with van der Waals surface area (Å²) < 4.78 is 0. The quantitative estimate of drug-likeness (QED) is 0.627. The Hall–Kier alpha value is -1.66. The highest BCUT2D eigenvalue weighted by Crippen LogP contribution is 2.19. The van der Waals surface area contributed by atoms with Gasteiger partial charge in [-0.15, -0.1) is 0 Å². The third kappa shape index (κ3) is 3.71. The first kappa shape index (κ1) is 15.7. The maximum absolute atomic E-state index is 12.7. The molecule has 3 N–H and O–H groups in total. The lowest BCUT2D eigenvalue weighted by Crippen LogP contribution is -2.34. The SMILES string of the molecule is CCCc1cc(C(=O)N2CCC(N(C)C)C2)cc(NN)n1. The summed E-state index contributed by atoms with van der Waals surface area (Å²) in [5.41, 5.74) is 4.12. The molecule has 1 unspecified atom stereocenters. The second-order valence-corrected chi connectivity index (χ2v) is 5.78. The summed E-state index contributed by atoms with van der Waals surface area (Å²) in [5.74, 6) is 6.07. The number of likely N-dealkylation sites (tertiary alicyclic amines) is 1. The molecule has 6 nitrogen and oxygen atoms in total. The van der Waals surface area contributed by atoms with Crippen LogP contribution in [-0.4, -0.2) is 53.9 Å². The van der Waals surface area contributed by atoms with Crippen molar-refractivity contribution in [2.45, 2.75) is 32.2 Å². The summed E-state index contributed by atoms with van der Waals surface area (Å²) in [7, 11) is 4.11. The highest BCUT2D eigenvalue weighted by atomic mass is 16.2. The van der Waals surface area contributed by atoms with E-state index in [0.717, 1.165) is 38.0 Å². The smallest absolute Gasteiger partial charge is 0.254 e. The predicted octanol–water partition coefficient (Wildman–Crippen LogP) is 1.10. The fourth-order valence-corrected chi connectivity index (χ4v) is 2.70. The van der Waals surface area contributed by atoms with Crippen LogP contribution in [-0.2, 0) is 6.42 Å². The molecule has 1 aromatic heterocycles. The molecule has 1 aliphatic heterocycles. The van der Waals surface area contributed by atoms with Crippen molar-refractivity contribution in [3.05, 3.63) is 23.4 Å². The molecule has 0 aliphatic carbocycles. The number of pyridine rings is 1. The van der Waals surface area contributed by atoms with Gasteiger partial charge in [0.05, 0.1) is 0 Å². The molecule has 1 fully saturated rings. The lowest BCUT2D eigenvalue weighted by Gasteiger charge is -2.20. The minimum absolute atomic E-state index is 0.0654. The average Bonchev–Trinajstić information content (AvgIpc) is 2.96. The van der Waals surface area contributed by atoms with Crippen LogP contribution in [0.3, 0.4) is 0 Å². The Balaban J connectivity index is 2.17. The minimum atomic E-state index is 0.0654. The van der Waals surface area contributed by atoms with Gasteiger partial charge in [-0.3, -0.25) is 4.79 Å². The van der Waals surface area contributed by atoms with E-state index in [1.54, 1.807) is 6.07 Å². The van der Waals surface area contributed by atoms with Crippen molar-refractivity contribution in [2.24, 2.45) is 5.84 Å². The van der Waals surface area contributed by atoms with E-state index in [2.05, 4.69) is 36.3 Å². The Morgan fingerprint density at radius 3 is 2.86 bits per heavy atom. The number of hydrazine groups is 1. The zero-order valence-corrected chi connectivity index (χ0v) is 13.1. The van der Waals surface area contributed by atoms with Gasteiger partial charge in [-0.2, -0.15) is 0 Å². The molecule has 1 saturated heterocycles.